The van der Waals surface area contributed by atoms with Crippen molar-refractivity contribution < 1.29 is 14.2 Å². The zero-order valence-corrected chi connectivity index (χ0v) is 13.1. The number of rotatable bonds is 6. The third-order valence-electron chi connectivity index (χ3n) is 3.95. The standard InChI is InChI=1S/C19H20FNO2/c1-2-21-12-15(8-9-22)19-17(21)10-16(20)11-18(19)23-13-14-6-4-3-5-7-14/h3-7,10-12,22H,2,8-9,13H2,1H3. The van der Waals surface area contributed by atoms with E-state index in [1.54, 1.807) is 0 Å². The van der Waals surface area contributed by atoms with Gasteiger partial charge in [0.25, 0.3) is 0 Å². The van der Waals surface area contributed by atoms with Crippen molar-refractivity contribution in [3.63, 3.8) is 0 Å². The summed E-state index contributed by atoms with van der Waals surface area (Å²) < 4.78 is 21.9. The maximum atomic E-state index is 14.0. The zero-order valence-electron chi connectivity index (χ0n) is 13.1. The van der Waals surface area contributed by atoms with E-state index in [0.29, 0.717) is 18.8 Å². The van der Waals surface area contributed by atoms with E-state index in [2.05, 4.69) is 0 Å². The molecule has 0 aliphatic heterocycles. The van der Waals surface area contributed by atoms with E-state index in [0.717, 1.165) is 28.6 Å². The van der Waals surface area contributed by atoms with Gasteiger partial charge in [-0.3, -0.25) is 0 Å². The molecule has 0 aliphatic carbocycles. The Morgan fingerprint density at radius 2 is 1.96 bits per heavy atom. The number of aliphatic hydroxyl groups is 1. The van der Waals surface area contributed by atoms with Gasteiger partial charge in [0, 0.05) is 30.8 Å². The molecule has 0 bridgehead atoms. The minimum atomic E-state index is -0.316. The molecule has 0 amide bonds. The summed E-state index contributed by atoms with van der Waals surface area (Å²) in [7, 11) is 0. The first-order valence-electron chi connectivity index (χ1n) is 7.81. The number of aromatic nitrogens is 1. The number of hydrogen-bond acceptors (Lipinski definition) is 2. The average molecular weight is 313 g/mol. The molecule has 0 saturated carbocycles. The molecule has 0 spiro atoms. The Bertz CT molecular complexity index is 796. The largest absolute Gasteiger partial charge is 0.488 e. The molecule has 120 valence electrons. The first-order chi connectivity index (χ1) is 11.2. The molecule has 23 heavy (non-hydrogen) atoms. The van der Waals surface area contributed by atoms with Crippen LogP contribution < -0.4 is 4.74 Å². The molecule has 3 nitrogen and oxygen atoms in total. The van der Waals surface area contributed by atoms with Gasteiger partial charge in [-0.05, 0) is 30.5 Å². The van der Waals surface area contributed by atoms with E-state index < -0.39 is 0 Å². The van der Waals surface area contributed by atoms with Gasteiger partial charge in [0.15, 0.2) is 0 Å². The highest BCUT2D eigenvalue weighted by molar-refractivity contribution is 5.90. The molecule has 0 unspecified atom stereocenters. The van der Waals surface area contributed by atoms with Gasteiger partial charge in [-0.25, -0.2) is 4.39 Å². The van der Waals surface area contributed by atoms with Gasteiger partial charge >= 0.3 is 0 Å². The quantitative estimate of drug-likeness (QED) is 0.748. The SMILES string of the molecule is CCn1cc(CCO)c2c(OCc3ccccc3)cc(F)cc21. The van der Waals surface area contributed by atoms with E-state index in [1.165, 1.54) is 12.1 Å². The van der Waals surface area contributed by atoms with Crippen LogP contribution in [0.3, 0.4) is 0 Å². The molecule has 4 heteroatoms. The summed E-state index contributed by atoms with van der Waals surface area (Å²) in [5.41, 5.74) is 2.81. The topological polar surface area (TPSA) is 34.4 Å². The molecule has 1 heterocycles. The molecular weight excluding hydrogens is 293 g/mol. The second-order valence-corrected chi connectivity index (χ2v) is 5.49. The Balaban J connectivity index is 2.02. The Kier molecular flexibility index (Phi) is 4.63. The highest BCUT2D eigenvalue weighted by Crippen LogP contribution is 2.33. The number of aryl methyl sites for hydroxylation is 1. The van der Waals surface area contributed by atoms with Crippen LogP contribution in [0.25, 0.3) is 10.9 Å². The van der Waals surface area contributed by atoms with Crippen LogP contribution in [0.1, 0.15) is 18.1 Å². The van der Waals surface area contributed by atoms with Gasteiger partial charge in [-0.2, -0.15) is 0 Å². The lowest BCUT2D eigenvalue weighted by molar-refractivity contribution is 0.298. The van der Waals surface area contributed by atoms with Crippen molar-refractivity contribution in [1.82, 2.24) is 4.57 Å². The van der Waals surface area contributed by atoms with Crippen LogP contribution in [-0.4, -0.2) is 16.3 Å². The number of fused-ring (bicyclic) bond motifs is 1. The van der Waals surface area contributed by atoms with Crippen LogP contribution in [0.15, 0.2) is 48.7 Å². The number of benzene rings is 2. The van der Waals surface area contributed by atoms with Gasteiger partial charge in [0.1, 0.15) is 18.2 Å². The molecule has 0 atom stereocenters. The molecule has 1 aromatic heterocycles. The van der Waals surface area contributed by atoms with Crippen molar-refractivity contribution in [2.75, 3.05) is 6.61 Å². The van der Waals surface area contributed by atoms with Crippen molar-refractivity contribution in [2.45, 2.75) is 26.5 Å². The molecule has 3 aromatic rings. The summed E-state index contributed by atoms with van der Waals surface area (Å²) in [5.74, 6) is 0.211. The van der Waals surface area contributed by atoms with Crippen LogP contribution in [0, 0.1) is 5.82 Å². The van der Waals surface area contributed by atoms with E-state index in [4.69, 9.17) is 4.74 Å². The summed E-state index contributed by atoms with van der Waals surface area (Å²) in [6, 6.07) is 12.7. The van der Waals surface area contributed by atoms with Crippen LogP contribution in [0.2, 0.25) is 0 Å². The smallest absolute Gasteiger partial charge is 0.132 e. The first-order valence-corrected chi connectivity index (χ1v) is 7.81. The minimum Gasteiger partial charge on any atom is -0.488 e. The molecule has 1 N–H and O–H groups in total. The van der Waals surface area contributed by atoms with Crippen molar-refractivity contribution >= 4 is 10.9 Å². The summed E-state index contributed by atoms with van der Waals surface area (Å²) in [5, 5.41) is 10.2. The van der Waals surface area contributed by atoms with Crippen molar-refractivity contribution in [3.05, 3.63) is 65.6 Å². The van der Waals surface area contributed by atoms with Gasteiger partial charge in [0.05, 0.1) is 5.52 Å². The van der Waals surface area contributed by atoms with E-state index in [-0.39, 0.29) is 12.4 Å². The maximum absolute atomic E-state index is 14.0. The molecular formula is C19H20FNO2. The number of halogens is 1. The van der Waals surface area contributed by atoms with E-state index in [9.17, 15) is 9.50 Å². The fourth-order valence-electron chi connectivity index (χ4n) is 2.86. The fraction of sp³-hybridized carbons (Fsp3) is 0.263. The second kappa shape index (κ2) is 6.84. The molecule has 0 fully saturated rings. The van der Waals surface area contributed by atoms with Gasteiger partial charge in [0.2, 0.25) is 0 Å². The molecule has 3 rings (SSSR count). The van der Waals surface area contributed by atoms with Crippen LogP contribution in [-0.2, 0) is 19.6 Å². The first kappa shape index (κ1) is 15.6. The third kappa shape index (κ3) is 3.22. The van der Waals surface area contributed by atoms with Crippen molar-refractivity contribution in [2.24, 2.45) is 0 Å². The van der Waals surface area contributed by atoms with Gasteiger partial charge < -0.3 is 14.4 Å². The second-order valence-electron chi connectivity index (χ2n) is 5.49. The Morgan fingerprint density at radius 3 is 2.65 bits per heavy atom. The van der Waals surface area contributed by atoms with Crippen molar-refractivity contribution in [1.29, 1.82) is 0 Å². The minimum absolute atomic E-state index is 0.0539. The summed E-state index contributed by atoms with van der Waals surface area (Å²) in [4.78, 5) is 0. The number of aliphatic hydroxyl groups excluding tert-OH is 1. The Labute approximate surface area is 134 Å². The zero-order chi connectivity index (χ0) is 16.2. The summed E-state index contributed by atoms with van der Waals surface area (Å²) in [6.45, 7) is 3.19. The monoisotopic (exact) mass is 313 g/mol. The predicted octanol–water partition coefficient (Wildman–Crippen LogP) is 3.91. The summed E-state index contributed by atoms with van der Waals surface area (Å²) >= 11 is 0. The number of ether oxygens (including phenoxy) is 1. The number of nitrogens with zero attached hydrogens (tertiary/aromatic N) is 1. The van der Waals surface area contributed by atoms with E-state index in [1.807, 2.05) is 48.0 Å². The van der Waals surface area contributed by atoms with E-state index >= 15 is 0 Å². The highest BCUT2D eigenvalue weighted by atomic mass is 19.1. The van der Waals surface area contributed by atoms with Crippen LogP contribution in [0.5, 0.6) is 5.75 Å². The Morgan fingerprint density at radius 1 is 1.17 bits per heavy atom. The lowest BCUT2D eigenvalue weighted by Crippen LogP contribution is -1.98. The van der Waals surface area contributed by atoms with Crippen LogP contribution >= 0.6 is 0 Å². The average Bonchev–Trinajstić information content (AvgIpc) is 2.91. The lowest BCUT2D eigenvalue weighted by Gasteiger charge is -2.10. The van der Waals surface area contributed by atoms with Crippen LogP contribution in [0.4, 0.5) is 4.39 Å². The Hall–Kier alpha value is -2.33. The predicted molar refractivity (Wildman–Crippen MR) is 89.1 cm³/mol. The summed E-state index contributed by atoms with van der Waals surface area (Å²) in [6.07, 6.45) is 2.49. The van der Waals surface area contributed by atoms with Crippen molar-refractivity contribution in [3.8, 4) is 5.75 Å². The maximum Gasteiger partial charge on any atom is 0.132 e. The fourth-order valence-corrected chi connectivity index (χ4v) is 2.86. The number of hydrogen-bond donors (Lipinski definition) is 1. The molecule has 0 radical (unpaired) electrons. The van der Waals surface area contributed by atoms with Gasteiger partial charge in [-0.1, -0.05) is 30.3 Å². The lowest BCUT2D eigenvalue weighted by atomic mass is 10.1. The highest BCUT2D eigenvalue weighted by Gasteiger charge is 2.15. The molecule has 0 saturated heterocycles. The molecule has 2 aromatic carbocycles. The normalized spacial score (nSPS) is 11.1. The third-order valence-corrected chi connectivity index (χ3v) is 3.95. The van der Waals surface area contributed by atoms with Gasteiger partial charge in [-0.15, -0.1) is 0 Å². The molecule has 0 aliphatic rings.